The van der Waals surface area contributed by atoms with E-state index in [0.29, 0.717) is 5.92 Å². The topological polar surface area (TPSA) is 61.0 Å². The minimum atomic E-state index is 0.0967. The van der Waals surface area contributed by atoms with Gasteiger partial charge in [0.05, 0.1) is 0 Å². The number of likely N-dealkylation sites (tertiary alicyclic amines) is 1. The molecule has 2 aliphatic rings. The molecule has 1 aliphatic carbocycles. The van der Waals surface area contributed by atoms with E-state index in [4.69, 9.17) is 0 Å². The van der Waals surface area contributed by atoms with Gasteiger partial charge in [0.2, 0.25) is 0 Å². The smallest absolute Gasteiger partial charge is 0.317 e. The predicted octanol–water partition coefficient (Wildman–Crippen LogP) is 3.19. The number of nitrogens with one attached hydrogen (secondary N) is 2. The lowest BCUT2D eigenvalue weighted by molar-refractivity contribution is 0.181. The number of carbonyl (C=O) groups is 1. The van der Waals surface area contributed by atoms with Gasteiger partial charge in [0.1, 0.15) is 0 Å². The van der Waals surface area contributed by atoms with Gasteiger partial charge < -0.3 is 10.2 Å². The van der Waals surface area contributed by atoms with Gasteiger partial charge >= 0.3 is 6.03 Å². The first kappa shape index (κ1) is 15.1. The second-order valence-electron chi connectivity index (χ2n) is 6.36. The molecular weight excluding hydrogens is 276 g/mol. The highest BCUT2D eigenvalue weighted by Gasteiger charge is 2.24. The van der Waals surface area contributed by atoms with Crippen LogP contribution in [0.1, 0.15) is 56.6 Å². The van der Waals surface area contributed by atoms with Gasteiger partial charge in [0.25, 0.3) is 0 Å². The zero-order valence-electron chi connectivity index (χ0n) is 13.2. The molecule has 5 nitrogen and oxygen atoms in total. The van der Waals surface area contributed by atoms with E-state index >= 15 is 0 Å². The number of aromatic nitrogens is 2. The Morgan fingerprint density at radius 3 is 2.91 bits per heavy atom. The van der Waals surface area contributed by atoms with Crippen LogP contribution in [0.2, 0.25) is 0 Å². The molecule has 1 aliphatic heterocycles. The Hall–Kier alpha value is -1.78. The Balaban J connectivity index is 1.37. The van der Waals surface area contributed by atoms with Crippen LogP contribution in [0.3, 0.4) is 0 Å². The number of allylic oxidation sites excluding steroid dienone is 1. The van der Waals surface area contributed by atoms with Gasteiger partial charge in [-0.05, 0) is 51.0 Å². The van der Waals surface area contributed by atoms with Gasteiger partial charge in [-0.1, -0.05) is 11.6 Å². The summed E-state index contributed by atoms with van der Waals surface area (Å²) in [6.07, 6.45) is 12.2. The van der Waals surface area contributed by atoms with Crippen molar-refractivity contribution >= 4 is 6.03 Å². The molecule has 2 heterocycles. The van der Waals surface area contributed by atoms with Gasteiger partial charge in [-0.2, -0.15) is 5.10 Å². The predicted molar refractivity (Wildman–Crippen MR) is 86.7 cm³/mol. The van der Waals surface area contributed by atoms with E-state index in [9.17, 15) is 4.79 Å². The molecule has 0 radical (unpaired) electrons. The Morgan fingerprint density at radius 1 is 1.36 bits per heavy atom. The number of hydrogen-bond acceptors (Lipinski definition) is 2. The summed E-state index contributed by atoms with van der Waals surface area (Å²) < 4.78 is 0. The maximum atomic E-state index is 12.2. The fraction of sp³-hybridized carbons (Fsp3) is 0.647. The molecule has 0 saturated carbocycles. The lowest BCUT2D eigenvalue weighted by Gasteiger charge is -2.31. The maximum Gasteiger partial charge on any atom is 0.317 e. The van der Waals surface area contributed by atoms with Crippen LogP contribution in [0.4, 0.5) is 4.79 Å². The molecule has 0 bridgehead atoms. The van der Waals surface area contributed by atoms with E-state index in [2.05, 4.69) is 21.6 Å². The van der Waals surface area contributed by atoms with E-state index in [1.165, 1.54) is 37.0 Å². The SMILES string of the molecule is O=C(NCCC1=CCCCC1)N1CCC(c2ccn[nH]2)CC1. The second-order valence-corrected chi connectivity index (χ2v) is 6.36. The molecule has 2 amide bonds. The Morgan fingerprint density at radius 2 is 2.23 bits per heavy atom. The molecule has 0 atom stereocenters. The molecule has 5 heteroatoms. The molecule has 120 valence electrons. The lowest BCUT2D eigenvalue weighted by Crippen LogP contribution is -2.44. The number of rotatable bonds is 4. The third-order valence-corrected chi connectivity index (χ3v) is 4.85. The summed E-state index contributed by atoms with van der Waals surface area (Å²) in [5, 5.41) is 10.1. The van der Waals surface area contributed by atoms with Crippen LogP contribution in [0.15, 0.2) is 23.9 Å². The van der Waals surface area contributed by atoms with Crippen LogP contribution in [-0.2, 0) is 0 Å². The van der Waals surface area contributed by atoms with Crippen LogP contribution in [0.25, 0.3) is 0 Å². The second kappa shape index (κ2) is 7.47. The van der Waals surface area contributed by atoms with Crippen molar-refractivity contribution in [3.05, 3.63) is 29.6 Å². The maximum absolute atomic E-state index is 12.2. The van der Waals surface area contributed by atoms with Crippen molar-refractivity contribution in [2.24, 2.45) is 0 Å². The highest BCUT2D eigenvalue weighted by molar-refractivity contribution is 5.74. The number of piperidine rings is 1. The number of nitrogens with zero attached hydrogens (tertiary/aromatic N) is 2. The first-order valence-electron chi connectivity index (χ1n) is 8.53. The summed E-state index contributed by atoms with van der Waals surface area (Å²) in [5.41, 5.74) is 2.72. The van der Waals surface area contributed by atoms with E-state index in [1.807, 2.05) is 11.0 Å². The summed E-state index contributed by atoms with van der Waals surface area (Å²) in [6.45, 7) is 2.43. The van der Waals surface area contributed by atoms with Crippen molar-refractivity contribution in [3.63, 3.8) is 0 Å². The average molecular weight is 302 g/mol. The summed E-state index contributed by atoms with van der Waals surface area (Å²) in [5.74, 6) is 0.513. The third-order valence-electron chi connectivity index (χ3n) is 4.85. The summed E-state index contributed by atoms with van der Waals surface area (Å²) in [6, 6.07) is 2.14. The van der Waals surface area contributed by atoms with Crippen LogP contribution >= 0.6 is 0 Å². The summed E-state index contributed by atoms with van der Waals surface area (Å²) >= 11 is 0. The van der Waals surface area contributed by atoms with Gasteiger partial charge in [0.15, 0.2) is 0 Å². The van der Waals surface area contributed by atoms with Gasteiger partial charge in [-0.3, -0.25) is 5.10 Å². The van der Waals surface area contributed by atoms with Crippen LogP contribution < -0.4 is 5.32 Å². The Kier molecular flexibility index (Phi) is 5.14. The zero-order valence-corrected chi connectivity index (χ0v) is 13.2. The van der Waals surface area contributed by atoms with E-state index < -0.39 is 0 Å². The van der Waals surface area contributed by atoms with Crippen molar-refractivity contribution in [1.29, 1.82) is 0 Å². The molecule has 0 unspecified atom stereocenters. The van der Waals surface area contributed by atoms with E-state index in [1.54, 1.807) is 6.20 Å². The van der Waals surface area contributed by atoms with E-state index in [0.717, 1.165) is 38.9 Å². The van der Waals surface area contributed by atoms with Crippen LogP contribution in [0, 0.1) is 0 Å². The molecule has 1 fully saturated rings. The number of carbonyl (C=O) groups excluding carboxylic acids is 1. The molecule has 3 rings (SSSR count). The minimum absolute atomic E-state index is 0.0967. The monoisotopic (exact) mass is 302 g/mol. The van der Waals surface area contributed by atoms with Crippen molar-refractivity contribution in [2.75, 3.05) is 19.6 Å². The number of aromatic amines is 1. The van der Waals surface area contributed by atoms with Gasteiger partial charge in [-0.25, -0.2) is 4.79 Å². The molecular formula is C17H26N4O. The minimum Gasteiger partial charge on any atom is -0.338 e. The first-order chi connectivity index (χ1) is 10.8. The fourth-order valence-corrected chi connectivity index (χ4v) is 3.46. The Bertz CT molecular complexity index is 501. The normalized spacial score (nSPS) is 19.8. The quantitative estimate of drug-likeness (QED) is 0.839. The molecule has 22 heavy (non-hydrogen) atoms. The highest BCUT2D eigenvalue weighted by Crippen LogP contribution is 2.26. The van der Waals surface area contributed by atoms with Crippen molar-refractivity contribution in [2.45, 2.75) is 50.9 Å². The number of hydrogen-bond donors (Lipinski definition) is 2. The number of H-pyrrole nitrogens is 1. The molecule has 1 saturated heterocycles. The molecule has 1 aromatic heterocycles. The Labute approximate surface area is 132 Å². The third kappa shape index (κ3) is 3.90. The average Bonchev–Trinajstić information content (AvgIpc) is 3.10. The number of urea groups is 1. The highest BCUT2D eigenvalue weighted by atomic mass is 16.2. The van der Waals surface area contributed by atoms with E-state index in [-0.39, 0.29) is 6.03 Å². The summed E-state index contributed by atoms with van der Waals surface area (Å²) in [4.78, 5) is 14.2. The van der Waals surface area contributed by atoms with Crippen molar-refractivity contribution < 1.29 is 4.79 Å². The lowest BCUT2D eigenvalue weighted by atomic mass is 9.94. The van der Waals surface area contributed by atoms with Gasteiger partial charge in [-0.15, -0.1) is 0 Å². The van der Waals surface area contributed by atoms with Crippen molar-refractivity contribution in [1.82, 2.24) is 20.4 Å². The zero-order chi connectivity index (χ0) is 15.2. The van der Waals surface area contributed by atoms with Crippen molar-refractivity contribution in [3.8, 4) is 0 Å². The van der Waals surface area contributed by atoms with Gasteiger partial charge in [0, 0.05) is 37.4 Å². The molecule has 0 spiro atoms. The largest absolute Gasteiger partial charge is 0.338 e. The summed E-state index contributed by atoms with van der Waals surface area (Å²) in [7, 11) is 0. The molecule has 0 aromatic carbocycles. The standard InChI is InChI=1S/C17H26N4O/c22-17(18-10-6-14-4-2-1-3-5-14)21-12-8-15(9-13-21)16-7-11-19-20-16/h4,7,11,15H,1-3,5-6,8-10,12-13H2,(H,18,22)(H,19,20). The van der Waals surface area contributed by atoms with Crippen LogP contribution in [-0.4, -0.2) is 40.8 Å². The fourth-order valence-electron chi connectivity index (χ4n) is 3.46. The molecule has 1 aromatic rings. The molecule has 2 N–H and O–H groups in total. The number of amides is 2. The first-order valence-corrected chi connectivity index (χ1v) is 8.53. The van der Waals surface area contributed by atoms with Crippen LogP contribution in [0.5, 0.6) is 0 Å².